The van der Waals surface area contributed by atoms with Gasteiger partial charge < -0.3 is 9.73 Å². The summed E-state index contributed by atoms with van der Waals surface area (Å²) in [5.74, 6) is -0.215. The highest BCUT2D eigenvalue weighted by Gasteiger charge is 2.31. The molecule has 1 fully saturated rings. The second-order valence-electron chi connectivity index (χ2n) is 5.68. The first-order valence-electron chi connectivity index (χ1n) is 7.76. The molecule has 1 amide bonds. The van der Waals surface area contributed by atoms with Crippen LogP contribution < -0.4 is 5.32 Å². The molecule has 0 aliphatic carbocycles. The molecule has 0 radical (unpaired) electrons. The fraction of sp³-hybridized carbons (Fsp3) is 0.375. The predicted octanol–water partition coefficient (Wildman–Crippen LogP) is 1.70. The Morgan fingerprint density at radius 2 is 1.96 bits per heavy atom. The highest BCUT2D eigenvalue weighted by atomic mass is 32.2. The quantitative estimate of drug-likeness (QED) is 0.887. The van der Waals surface area contributed by atoms with E-state index < -0.39 is 15.9 Å². The number of amides is 1. The van der Waals surface area contributed by atoms with Gasteiger partial charge in [-0.15, -0.1) is 0 Å². The lowest BCUT2D eigenvalue weighted by Crippen LogP contribution is -2.28. The Balaban J connectivity index is 1.74. The Morgan fingerprint density at radius 3 is 2.62 bits per heavy atom. The number of sulfonamides is 1. The Labute approximate surface area is 140 Å². The summed E-state index contributed by atoms with van der Waals surface area (Å²) < 4.78 is 32.0. The van der Waals surface area contributed by atoms with Gasteiger partial charge in [-0.3, -0.25) is 9.78 Å². The van der Waals surface area contributed by atoms with E-state index in [0.717, 1.165) is 18.4 Å². The second kappa shape index (κ2) is 6.74. The van der Waals surface area contributed by atoms with E-state index in [1.54, 1.807) is 31.5 Å². The molecule has 1 saturated heterocycles. The summed E-state index contributed by atoms with van der Waals surface area (Å²) in [4.78, 5) is 16.2. The minimum atomic E-state index is -3.60. The molecule has 0 aromatic carbocycles. The van der Waals surface area contributed by atoms with Crippen LogP contribution in [0.15, 0.2) is 39.9 Å². The highest BCUT2D eigenvalue weighted by molar-refractivity contribution is 7.89. The van der Waals surface area contributed by atoms with Gasteiger partial charge >= 0.3 is 0 Å². The maximum Gasteiger partial charge on any atom is 0.287 e. The van der Waals surface area contributed by atoms with Gasteiger partial charge in [-0.25, -0.2) is 8.42 Å². The molecule has 3 heterocycles. The van der Waals surface area contributed by atoms with E-state index in [1.165, 1.54) is 10.4 Å². The van der Waals surface area contributed by atoms with Gasteiger partial charge in [0.15, 0.2) is 5.76 Å². The smallest absolute Gasteiger partial charge is 0.287 e. The molecule has 2 aromatic heterocycles. The van der Waals surface area contributed by atoms with Gasteiger partial charge in [0.2, 0.25) is 10.0 Å². The number of carbonyl (C=O) groups is 1. The lowest BCUT2D eigenvalue weighted by atomic mass is 10.2. The standard InChI is InChI=1S/C16H19N3O4S/c1-12-15(24(21,22)19-8-2-3-9-19)10-14(23-12)16(20)18-11-13-4-6-17-7-5-13/h4-7,10H,2-3,8-9,11H2,1H3,(H,18,20). The molecule has 0 saturated carbocycles. The topological polar surface area (TPSA) is 92.5 Å². The summed E-state index contributed by atoms with van der Waals surface area (Å²) in [5.41, 5.74) is 0.895. The van der Waals surface area contributed by atoms with Crippen molar-refractivity contribution >= 4 is 15.9 Å². The molecular formula is C16H19N3O4S. The molecule has 2 aromatic rings. The van der Waals surface area contributed by atoms with Crippen LogP contribution in [0.2, 0.25) is 0 Å². The number of hydrogen-bond donors (Lipinski definition) is 1. The van der Waals surface area contributed by atoms with Crippen molar-refractivity contribution in [2.75, 3.05) is 13.1 Å². The number of nitrogens with one attached hydrogen (secondary N) is 1. The molecule has 1 aliphatic rings. The van der Waals surface area contributed by atoms with Crippen LogP contribution in [0.4, 0.5) is 0 Å². The molecule has 0 bridgehead atoms. The van der Waals surface area contributed by atoms with Crippen molar-refractivity contribution in [3.05, 3.63) is 47.7 Å². The second-order valence-corrected chi connectivity index (χ2v) is 7.59. The number of pyridine rings is 1. The first-order valence-corrected chi connectivity index (χ1v) is 9.20. The van der Waals surface area contributed by atoms with Crippen molar-refractivity contribution in [1.82, 2.24) is 14.6 Å². The largest absolute Gasteiger partial charge is 0.455 e. The lowest BCUT2D eigenvalue weighted by Gasteiger charge is -2.14. The Morgan fingerprint density at radius 1 is 1.29 bits per heavy atom. The average molecular weight is 349 g/mol. The number of carbonyl (C=O) groups excluding carboxylic acids is 1. The Kier molecular flexibility index (Phi) is 4.68. The SMILES string of the molecule is Cc1oc(C(=O)NCc2ccncc2)cc1S(=O)(=O)N1CCCC1. The van der Waals surface area contributed by atoms with Gasteiger partial charge in [0.05, 0.1) is 0 Å². The monoisotopic (exact) mass is 349 g/mol. The van der Waals surface area contributed by atoms with Crippen LogP contribution in [0.25, 0.3) is 0 Å². The van der Waals surface area contributed by atoms with Crippen molar-refractivity contribution in [2.45, 2.75) is 31.2 Å². The molecule has 0 atom stereocenters. The van der Waals surface area contributed by atoms with E-state index in [9.17, 15) is 13.2 Å². The molecule has 0 unspecified atom stereocenters. The summed E-state index contributed by atoms with van der Waals surface area (Å²) >= 11 is 0. The van der Waals surface area contributed by atoms with Crippen LogP contribution in [-0.4, -0.2) is 36.7 Å². The van der Waals surface area contributed by atoms with Gasteiger partial charge in [0, 0.05) is 38.1 Å². The third-order valence-corrected chi connectivity index (χ3v) is 5.99. The zero-order valence-corrected chi connectivity index (χ0v) is 14.2. The van der Waals surface area contributed by atoms with Crippen LogP contribution in [-0.2, 0) is 16.6 Å². The van der Waals surface area contributed by atoms with Gasteiger partial charge in [0.1, 0.15) is 10.7 Å². The maximum absolute atomic E-state index is 12.6. The Bertz CT molecular complexity index is 824. The van der Waals surface area contributed by atoms with Crippen LogP contribution >= 0.6 is 0 Å². The van der Waals surface area contributed by atoms with Crippen molar-refractivity contribution in [3.63, 3.8) is 0 Å². The molecular weight excluding hydrogens is 330 g/mol. The van der Waals surface area contributed by atoms with Crippen LogP contribution in [0.1, 0.15) is 34.7 Å². The minimum Gasteiger partial charge on any atom is -0.455 e. The fourth-order valence-corrected chi connectivity index (χ4v) is 4.35. The van der Waals surface area contributed by atoms with Gasteiger partial charge in [-0.2, -0.15) is 4.31 Å². The summed E-state index contributed by atoms with van der Waals surface area (Å²) in [7, 11) is -3.60. The van der Waals surface area contributed by atoms with Crippen molar-refractivity contribution in [1.29, 1.82) is 0 Å². The number of aryl methyl sites for hydroxylation is 1. The van der Waals surface area contributed by atoms with Crippen molar-refractivity contribution < 1.29 is 17.6 Å². The highest BCUT2D eigenvalue weighted by Crippen LogP contribution is 2.26. The first-order chi connectivity index (χ1) is 11.5. The fourth-order valence-electron chi connectivity index (χ4n) is 2.67. The molecule has 8 heteroatoms. The van der Waals surface area contributed by atoms with Crippen LogP contribution in [0.3, 0.4) is 0 Å². The zero-order chi connectivity index (χ0) is 17.2. The molecule has 3 rings (SSSR count). The summed E-state index contributed by atoms with van der Waals surface area (Å²) in [6.07, 6.45) is 4.99. The van der Waals surface area contributed by atoms with Gasteiger partial charge in [-0.1, -0.05) is 0 Å². The lowest BCUT2D eigenvalue weighted by molar-refractivity contribution is 0.0922. The number of nitrogens with zero attached hydrogens (tertiary/aromatic N) is 2. The molecule has 1 aliphatic heterocycles. The molecule has 0 spiro atoms. The van der Waals surface area contributed by atoms with Crippen molar-refractivity contribution in [2.24, 2.45) is 0 Å². The van der Waals surface area contributed by atoms with E-state index >= 15 is 0 Å². The van der Waals surface area contributed by atoms with Gasteiger partial charge in [-0.05, 0) is 37.5 Å². The number of aromatic nitrogens is 1. The molecule has 7 nitrogen and oxygen atoms in total. The van der Waals surface area contributed by atoms with E-state index in [-0.39, 0.29) is 16.4 Å². The third kappa shape index (κ3) is 3.34. The normalized spacial score (nSPS) is 15.5. The number of furan rings is 1. The zero-order valence-electron chi connectivity index (χ0n) is 13.4. The first kappa shape index (κ1) is 16.7. The molecule has 24 heavy (non-hydrogen) atoms. The van der Waals surface area contributed by atoms with Gasteiger partial charge in [0.25, 0.3) is 5.91 Å². The summed E-state index contributed by atoms with van der Waals surface area (Å²) in [6, 6.07) is 4.89. The number of rotatable bonds is 5. The van der Waals surface area contributed by atoms with Crippen molar-refractivity contribution in [3.8, 4) is 0 Å². The molecule has 128 valence electrons. The van der Waals surface area contributed by atoms with E-state index in [1.807, 2.05) is 0 Å². The summed E-state index contributed by atoms with van der Waals surface area (Å²) in [6.45, 7) is 2.89. The Hall–Kier alpha value is -2.19. The van der Waals surface area contributed by atoms with E-state index in [2.05, 4.69) is 10.3 Å². The average Bonchev–Trinajstić information content (AvgIpc) is 3.23. The summed E-state index contributed by atoms with van der Waals surface area (Å²) in [5, 5.41) is 2.71. The van der Waals surface area contributed by atoms with E-state index in [0.29, 0.717) is 19.6 Å². The van der Waals surface area contributed by atoms with Crippen LogP contribution in [0.5, 0.6) is 0 Å². The third-order valence-electron chi connectivity index (χ3n) is 3.98. The van der Waals surface area contributed by atoms with Crippen LogP contribution in [0, 0.1) is 6.92 Å². The van der Waals surface area contributed by atoms with E-state index in [4.69, 9.17) is 4.42 Å². The maximum atomic E-state index is 12.6. The number of hydrogen-bond acceptors (Lipinski definition) is 5. The molecule has 1 N–H and O–H groups in total. The predicted molar refractivity (Wildman–Crippen MR) is 86.8 cm³/mol. The minimum absolute atomic E-state index is 0.000622.